The third-order valence-corrected chi connectivity index (χ3v) is 6.19. The molecule has 0 spiro atoms. The molecule has 7 heteroatoms. The van der Waals surface area contributed by atoms with Crippen LogP contribution in [-0.4, -0.2) is 33.5 Å². The second kappa shape index (κ2) is 8.43. The Bertz CT molecular complexity index is 1250. The number of amides is 2. The second-order valence-corrected chi connectivity index (χ2v) is 8.50. The van der Waals surface area contributed by atoms with Crippen molar-refractivity contribution in [3.63, 3.8) is 0 Å². The number of fused-ring (bicyclic) bond motifs is 3. The van der Waals surface area contributed by atoms with Crippen LogP contribution in [0.25, 0.3) is 0 Å². The summed E-state index contributed by atoms with van der Waals surface area (Å²) >= 11 is 1.23. The fraction of sp³-hybridized carbons (Fsp3) is 0.120. The number of carbonyl (C=O) groups is 2. The van der Waals surface area contributed by atoms with Gasteiger partial charge in [0.2, 0.25) is 5.91 Å². The van der Waals surface area contributed by atoms with Crippen LogP contribution >= 0.6 is 11.8 Å². The number of nitrogens with zero attached hydrogens (tertiary/aromatic N) is 3. The second-order valence-electron chi connectivity index (χ2n) is 7.55. The van der Waals surface area contributed by atoms with Crippen LogP contribution in [0.15, 0.2) is 88.8 Å². The summed E-state index contributed by atoms with van der Waals surface area (Å²) in [6.45, 7) is 2.00. The molecule has 2 heterocycles. The number of anilines is 1. The van der Waals surface area contributed by atoms with Gasteiger partial charge in [0, 0.05) is 11.3 Å². The van der Waals surface area contributed by atoms with Crippen molar-refractivity contribution in [3.05, 3.63) is 95.6 Å². The van der Waals surface area contributed by atoms with Gasteiger partial charge in [-0.25, -0.2) is 14.9 Å². The molecule has 0 fully saturated rings. The topological polar surface area (TPSA) is 74.1 Å². The van der Waals surface area contributed by atoms with Gasteiger partial charge < -0.3 is 5.32 Å². The highest BCUT2D eigenvalue weighted by molar-refractivity contribution is 8.14. The lowest BCUT2D eigenvalue weighted by Crippen LogP contribution is -2.40. The first-order chi connectivity index (χ1) is 15.6. The number of hydrogen-bond donors (Lipinski definition) is 1. The number of rotatable bonds is 4. The first kappa shape index (κ1) is 20.2. The summed E-state index contributed by atoms with van der Waals surface area (Å²) in [5.74, 6) is 0.383. The number of para-hydroxylation sites is 1. The van der Waals surface area contributed by atoms with Crippen molar-refractivity contribution in [2.75, 3.05) is 11.1 Å². The molecule has 2 aliphatic heterocycles. The van der Waals surface area contributed by atoms with E-state index in [1.165, 1.54) is 11.8 Å². The van der Waals surface area contributed by atoms with E-state index in [-0.39, 0.29) is 17.6 Å². The Morgan fingerprint density at radius 2 is 1.72 bits per heavy atom. The Morgan fingerprint density at radius 3 is 2.50 bits per heavy atom. The van der Waals surface area contributed by atoms with Gasteiger partial charge >= 0.3 is 0 Å². The molecule has 0 aromatic heterocycles. The number of benzene rings is 3. The van der Waals surface area contributed by atoms with Crippen molar-refractivity contribution in [1.29, 1.82) is 0 Å². The van der Waals surface area contributed by atoms with Crippen LogP contribution in [0.2, 0.25) is 0 Å². The average Bonchev–Trinajstić information content (AvgIpc) is 3.17. The number of thioether (sulfide) groups is 1. The van der Waals surface area contributed by atoms with E-state index in [2.05, 4.69) is 10.3 Å². The zero-order valence-electron chi connectivity index (χ0n) is 17.4. The molecule has 1 unspecified atom stereocenters. The van der Waals surface area contributed by atoms with Crippen molar-refractivity contribution >= 4 is 46.0 Å². The van der Waals surface area contributed by atoms with Gasteiger partial charge in [-0.1, -0.05) is 71.9 Å². The molecule has 0 radical (unpaired) electrons. The number of nitrogens with one attached hydrogen (secondary N) is 1. The molecule has 0 saturated heterocycles. The molecule has 3 aromatic rings. The Kier molecular flexibility index (Phi) is 5.33. The summed E-state index contributed by atoms with van der Waals surface area (Å²) in [5.41, 5.74) is 4.25. The van der Waals surface area contributed by atoms with Gasteiger partial charge in [-0.3, -0.25) is 9.59 Å². The van der Waals surface area contributed by atoms with Gasteiger partial charge in [0.15, 0.2) is 11.2 Å². The van der Waals surface area contributed by atoms with E-state index in [0.717, 1.165) is 28.1 Å². The molecular formula is C25H20N4O2S. The van der Waals surface area contributed by atoms with E-state index in [9.17, 15) is 9.59 Å². The van der Waals surface area contributed by atoms with Crippen LogP contribution in [0.1, 0.15) is 22.7 Å². The highest BCUT2D eigenvalue weighted by atomic mass is 32.2. The Morgan fingerprint density at radius 1 is 1.00 bits per heavy atom. The summed E-state index contributed by atoms with van der Waals surface area (Å²) in [6.07, 6.45) is 0. The summed E-state index contributed by atoms with van der Waals surface area (Å²) in [6, 6.07) is 24.1. The zero-order valence-corrected chi connectivity index (χ0v) is 18.2. The Hall–Kier alpha value is -3.71. The van der Waals surface area contributed by atoms with Crippen molar-refractivity contribution in [3.8, 4) is 0 Å². The van der Waals surface area contributed by atoms with Crippen LogP contribution in [0, 0.1) is 6.92 Å². The van der Waals surface area contributed by atoms with Crippen molar-refractivity contribution in [1.82, 2.24) is 4.90 Å². The van der Waals surface area contributed by atoms with Gasteiger partial charge in [0.1, 0.15) is 5.84 Å². The maximum Gasteiger partial charge on any atom is 0.263 e. The number of amidine groups is 2. The predicted octanol–water partition coefficient (Wildman–Crippen LogP) is 4.70. The predicted molar refractivity (Wildman–Crippen MR) is 128 cm³/mol. The normalized spacial score (nSPS) is 16.7. The smallest absolute Gasteiger partial charge is 0.263 e. The Labute approximate surface area is 190 Å². The standard InChI is InChI=1S/C25H20N4O2S/c1-16-11-13-18(14-12-16)26-21(30)15-32-25-27-20-10-6-5-9-19(20)23-28-22(24(31)29(23)25)17-7-3-2-4-8-17/h2-14,22H,15H2,1H3,(H,26,30). The maximum atomic E-state index is 13.3. The molecule has 2 aliphatic rings. The molecule has 158 valence electrons. The van der Waals surface area contributed by atoms with Gasteiger partial charge in [0.05, 0.1) is 11.4 Å². The third-order valence-electron chi connectivity index (χ3n) is 5.25. The quantitative estimate of drug-likeness (QED) is 0.639. The van der Waals surface area contributed by atoms with E-state index < -0.39 is 6.04 Å². The largest absolute Gasteiger partial charge is 0.325 e. The lowest BCUT2D eigenvalue weighted by Gasteiger charge is -2.25. The molecule has 0 aliphatic carbocycles. The van der Waals surface area contributed by atoms with Crippen LogP contribution < -0.4 is 5.32 Å². The molecule has 32 heavy (non-hydrogen) atoms. The van der Waals surface area contributed by atoms with Crippen molar-refractivity contribution < 1.29 is 9.59 Å². The monoisotopic (exact) mass is 440 g/mol. The molecule has 0 bridgehead atoms. The first-order valence-electron chi connectivity index (χ1n) is 10.2. The van der Waals surface area contributed by atoms with Gasteiger partial charge in [-0.15, -0.1) is 0 Å². The maximum absolute atomic E-state index is 13.3. The van der Waals surface area contributed by atoms with Gasteiger partial charge in [0.25, 0.3) is 5.91 Å². The lowest BCUT2D eigenvalue weighted by molar-refractivity contribution is -0.124. The molecule has 1 atom stereocenters. The van der Waals surface area contributed by atoms with E-state index >= 15 is 0 Å². The van der Waals surface area contributed by atoms with E-state index in [1.54, 1.807) is 4.90 Å². The fourth-order valence-electron chi connectivity index (χ4n) is 3.66. The summed E-state index contributed by atoms with van der Waals surface area (Å²) in [4.78, 5) is 36.8. The first-order valence-corrected chi connectivity index (χ1v) is 11.2. The third kappa shape index (κ3) is 3.83. The molecule has 2 amide bonds. The average molecular weight is 441 g/mol. The van der Waals surface area contributed by atoms with Gasteiger partial charge in [-0.2, -0.15) is 0 Å². The molecule has 6 nitrogen and oxygen atoms in total. The van der Waals surface area contributed by atoms with Gasteiger partial charge in [-0.05, 0) is 36.8 Å². The summed E-state index contributed by atoms with van der Waals surface area (Å²) < 4.78 is 0. The van der Waals surface area contributed by atoms with Crippen LogP contribution in [0.4, 0.5) is 11.4 Å². The Balaban J connectivity index is 1.40. The number of aryl methyl sites for hydroxylation is 1. The van der Waals surface area contributed by atoms with Crippen molar-refractivity contribution in [2.24, 2.45) is 9.98 Å². The van der Waals surface area contributed by atoms with Crippen LogP contribution in [-0.2, 0) is 9.59 Å². The van der Waals surface area contributed by atoms with E-state index in [0.29, 0.717) is 11.0 Å². The summed E-state index contributed by atoms with van der Waals surface area (Å²) in [5, 5.41) is 3.35. The fourth-order valence-corrected chi connectivity index (χ4v) is 4.46. The SMILES string of the molecule is Cc1ccc(NC(=O)CSC2=Nc3ccccc3C3=NC(c4ccccc4)C(=O)N23)cc1. The number of hydrogen-bond acceptors (Lipinski definition) is 5. The minimum atomic E-state index is -0.621. The molecule has 0 saturated carbocycles. The lowest BCUT2D eigenvalue weighted by atomic mass is 10.1. The number of aliphatic imine (C=N–C) groups is 2. The summed E-state index contributed by atoms with van der Waals surface area (Å²) in [7, 11) is 0. The minimum Gasteiger partial charge on any atom is -0.325 e. The van der Waals surface area contributed by atoms with Crippen LogP contribution in [0.3, 0.4) is 0 Å². The number of carbonyl (C=O) groups excluding carboxylic acids is 2. The zero-order chi connectivity index (χ0) is 22.1. The van der Waals surface area contributed by atoms with Crippen molar-refractivity contribution in [2.45, 2.75) is 13.0 Å². The molecular weight excluding hydrogens is 420 g/mol. The molecule has 5 rings (SSSR count). The molecule has 3 aromatic carbocycles. The van der Waals surface area contributed by atoms with E-state index in [1.807, 2.05) is 85.8 Å². The molecule has 1 N–H and O–H groups in total. The highest BCUT2D eigenvalue weighted by Gasteiger charge is 2.42. The van der Waals surface area contributed by atoms with E-state index in [4.69, 9.17) is 4.99 Å². The van der Waals surface area contributed by atoms with Crippen LogP contribution in [0.5, 0.6) is 0 Å². The minimum absolute atomic E-state index is 0.127. The highest BCUT2D eigenvalue weighted by Crippen LogP contribution is 2.37.